The van der Waals surface area contributed by atoms with Crippen molar-refractivity contribution in [3.8, 4) is 11.3 Å². The molecule has 0 fully saturated rings. The van der Waals surface area contributed by atoms with Gasteiger partial charge in [-0.25, -0.2) is 4.98 Å². The number of aromatic amines is 1. The van der Waals surface area contributed by atoms with E-state index in [2.05, 4.69) is 27.1 Å². The minimum absolute atomic E-state index is 0.736. The monoisotopic (exact) mass is 321 g/mol. The van der Waals surface area contributed by atoms with E-state index in [1.165, 1.54) is 5.56 Å². The third kappa shape index (κ3) is 2.18. The number of H-pyrrole nitrogens is 1. The lowest BCUT2D eigenvalue weighted by Gasteiger charge is -2.17. The molecule has 6 heteroatoms. The van der Waals surface area contributed by atoms with Gasteiger partial charge in [0.1, 0.15) is 6.33 Å². The van der Waals surface area contributed by atoms with Crippen molar-refractivity contribution in [3.63, 3.8) is 0 Å². The number of nitrogens with zero attached hydrogens (tertiary/aromatic N) is 4. The summed E-state index contributed by atoms with van der Waals surface area (Å²) >= 11 is 0. The van der Waals surface area contributed by atoms with Crippen LogP contribution >= 0.6 is 0 Å². The van der Waals surface area contributed by atoms with Crippen molar-refractivity contribution in [1.29, 1.82) is 0 Å². The van der Waals surface area contributed by atoms with Gasteiger partial charge in [0, 0.05) is 5.56 Å². The Hall–Kier alpha value is -2.73. The Balaban J connectivity index is 1.93. The summed E-state index contributed by atoms with van der Waals surface area (Å²) in [6.07, 6.45) is 4.29. The molecule has 3 heterocycles. The molecule has 24 heavy (non-hydrogen) atoms. The smallest absolute Gasteiger partial charge is 0.179 e. The second-order valence-electron chi connectivity index (χ2n) is 6.48. The fourth-order valence-electron chi connectivity index (χ4n) is 3.13. The molecule has 2 N–H and O–H groups in total. The molecule has 3 aromatic heterocycles. The van der Waals surface area contributed by atoms with Gasteiger partial charge in [-0.2, -0.15) is 0 Å². The van der Waals surface area contributed by atoms with E-state index in [1.54, 1.807) is 26.4 Å². The Morgan fingerprint density at radius 2 is 1.96 bits per heavy atom. The van der Waals surface area contributed by atoms with Crippen LogP contribution in [0, 0.1) is 0 Å². The van der Waals surface area contributed by atoms with E-state index < -0.39 is 5.60 Å². The van der Waals surface area contributed by atoms with E-state index >= 15 is 0 Å². The summed E-state index contributed by atoms with van der Waals surface area (Å²) < 4.78 is 1.96. The lowest BCUT2D eigenvalue weighted by atomic mass is 9.96. The van der Waals surface area contributed by atoms with Gasteiger partial charge in [0.2, 0.25) is 0 Å². The highest BCUT2D eigenvalue weighted by atomic mass is 16.3. The van der Waals surface area contributed by atoms with Gasteiger partial charge < -0.3 is 10.1 Å². The summed E-state index contributed by atoms with van der Waals surface area (Å²) in [6, 6.07) is 7.98. The number of aliphatic hydroxyl groups is 1. The second-order valence-corrected chi connectivity index (χ2v) is 6.48. The molecule has 0 radical (unpaired) electrons. The average molecular weight is 321 g/mol. The van der Waals surface area contributed by atoms with Crippen LogP contribution < -0.4 is 0 Å². The molecule has 0 atom stereocenters. The van der Waals surface area contributed by atoms with Crippen molar-refractivity contribution in [2.45, 2.75) is 32.8 Å². The highest BCUT2D eigenvalue weighted by Crippen LogP contribution is 2.31. The SMILES string of the molecule is CCc1c(-c2ccc(C(C)(C)O)cc2)[nH]c2ncc3nncn3c12. The molecule has 4 rings (SSSR count). The quantitative estimate of drug-likeness (QED) is 0.608. The molecule has 0 spiro atoms. The number of aryl methyl sites for hydroxylation is 1. The molecule has 0 amide bonds. The highest BCUT2D eigenvalue weighted by molar-refractivity contribution is 5.87. The van der Waals surface area contributed by atoms with Crippen LogP contribution in [0.5, 0.6) is 0 Å². The van der Waals surface area contributed by atoms with Gasteiger partial charge in [-0.3, -0.25) is 4.40 Å². The first-order valence-electron chi connectivity index (χ1n) is 8.01. The van der Waals surface area contributed by atoms with E-state index in [0.29, 0.717) is 0 Å². The molecule has 1 aromatic carbocycles. The lowest BCUT2D eigenvalue weighted by Crippen LogP contribution is -2.14. The largest absolute Gasteiger partial charge is 0.386 e. The number of fused-ring (bicyclic) bond motifs is 3. The summed E-state index contributed by atoms with van der Waals surface area (Å²) in [5.41, 5.74) is 5.91. The van der Waals surface area contributed by atoms with Gasteiger partial charge in [0.25, 0.3) is 0 Å². The number of rotatable bonds is 3. The van der Waals surface area contributed by atoms with Crippen molar-refractivity contribution in [3.05, 3.63) is 47.9 Å². The topological polar surface area (TPSA) is 79.1 Å². The zero-order valence-corrected chi connectivity index (χ0v) is 13.9. The zero-order valence-electron chi connectivity index (χ0n) is 13.9. The van der Waals surface area contributed by atoms with Crippen LogP contribution in [0.4, 0.5) is 0 Å². The van der Waals surface area contributed by atoms with E-state index in [4.69, 9.17) is 0 Å². The molecule has 6 nitrogen and oxygen atoms in total. The van der Waals surface area contributed by atoms with Gasteiger partial charge >= 0.3 is 0 Å². The second kappa shape index (κ2) is 5.14. The van der Waals surface area contributed by atoms with Crippen LogP contribution in [-0.2, 0) is 12.0 Å². The van der Waals surface area contributed by atoms with Gasteiger partial charge in [-0.15, -0.1) is 10.2 Å². The predicted octanol–water partition coefficient (Wildman–Crippen LogP) is 3.06. The first-order chi connectivity index (χ1) is 11.5. The fourth-order valence-corrected chi connectivity index (χ4v) is 3.13. The standard InChI is InChI=1S/C18H19N5O/c1-4-13-15(11-5-7-12(8-6-11)18(2,3)24)21-17-16(13)23-10-20-22-14(23)9-19-17/h5-10,21,24H,4H2,1-3H3. The van der Waals surface area contributed by atoms with Crippen molar-refractivity contribution >= 4 is 16.8 Å². The Morgan fingerprint density at radius 3 is 2.62 bits per heavy atom. The van der Waals surface area contributed by atoms with Gasteiger partial charge in [0.05, 0.1) is 23.0 Å². The van der Waals surface area contributed by atoms with E-state index in [1.807, 2.05) is 28.7 Å². The molecular formula is C18H19N5O. The number of nitrogens with one attached hydrogen (secondary N) is 1. The Bertz CT molecular complexity index is 1020. The Kier molecular flexibility index (Phi) is 3.18. The molecule has 0 bridgehead atoms. The van der Waals surface area contributed by atoms with E-state index in [-0.39, 0.29) is 0 Å². The first kappa shape index (κ1) is 14.8. The maximum Gasteiger partial charge on any atom is 0.179 e. The van der Waals surface area contributed by atoms with E-state index in [9.17, 15) is 5.11 Å². The molecule has 4 aromatic rings. The van der Waals surface area contributed by atoms with Crippen LogP contribution in [0.15, 0.2) is 36.8 Å². The number of aromatic nitrogens is 5. The molecular weight excluding hydrogens is 302 g/mol. The molecule has 0 saturated carbocycles. The summed E-state index contributed by atoms with van der Waals surface area (Å²) in [5, 5.41) is 18.2. The number of benzene rings is 1. The Morgan fingerprint density at radius 1 is 1.21 bits per heavy atom. The third-order valence-electron chi connectivity index (χ3n) is 4.41. The molecule has 0 unspecified atom stereocenters. The highest BCUT2D eigenvalue weighted by Gasteiger charge is 2.18. The molecule has 0 aliphatic carbocycles. The van der Waals surface area contributed by atoms with Gasteiger partial charge in [-0.05, 0) is 31.4 Å². The minimum Gasteiger partial charge on any atom is -0.386 e. The Labute approximate surface area is 139 Å². The van der Waals surface area contributed by atoms with Gasteiger partial charge in [-0.1, -0.05) is 31.2 Å². The molecule has 0 saturated heterocycles. The van der Waals surface area contributed by atoms with E-state index in [0.717, 1.165) is 40.1 Å². The summed E-state index contributed by atoms with van der Waals surface area (Å²) in [7, 11) is 0. The van der Waals surface area contributed by atoms with Crippen LogP contribution in [-0.4, -0.2) is 29.7 Å². The van der Waals surface area contributed by atoms with Crippen molar-refractivity contribution < 1.29 is 5.11 Å². The minimum atomic E-state index is -0.844. The summed E-state index contributed by atoms with van der Waals surface area (Å²) in [5.74, 6) is 0. The van der Waals surface area contributed by atoms with Crippen LogP contribution in [0.3, 0.4) is 0 Å². The maximum absolute atomic E-state index is 10.1. The van der Waals surface area contributed by atoms with Crippen molar-refractivity contribution in [2.75, 3.05) is 0 Å². The fraction of sp³-hybridized carbons (Fsp3) is 0.278. The van der Waals surface area contributed by atoms with Crippen molar-refractivity contribution in [2.24, 2.45) is 0 Å². The summed E-state index contributed by atoms with van der Waals surface area (Å²) in [6.45, 7) is 5.70. The normalized spacial score (nSPS) is 12.3. The first-order valence-corrected chi connectivity index (χ1v) is 8.01. The molecule has 122 valence electrons. The third-order valence-corrected chi connectivity index (χ3v) is 4.41. The van der Waals surface area contributed by atoms with Crippen LogP contribution in [0.1, 0.15) is 31.9 Å². The van der Waals surface area contributed by atoms with Crippen molar-refractivity contribution in [1.82, 2.24) is 24.6 Å². The zero-order chi connectivity index (χ0) is 16.9. The van der Waals surface area contributed by atoms with Crippen LogP contribution in [0.2, 0.25) is 0 Å². The maximum atomic E-state index is 10.1. The predicted molar refractivity (Wildman–Crippen MR) is 92.7 cm³/mol. The molecule has 0 aliphatic heterocycles. The average Bonchev–Trinajstić information content (AvgIpc) is 3.17. The molecule has 0 aliphatic rings. The lowest BCUT2D eigenvalue weighted by molar-refractivity contribution is 0.0786. The number of hydrogen-bond donors (Lipinski definition) is 2. The summed E-state index contributed by atoms with van der Waals surface area (Å²) in [4.78, 5) is 7.90. The number of hydrogen-bond acceptors (Lipinski definition) is 4. The van der Waals surface area contributed by atoms with Crippen LogP contribution in [0.25, 0.3) is 28.1 Å². The van der Waals surface area contributed by atoms with Gasteiger partial charge in [0.15, 0.2) is 11.3 Å².